The van der Waals surface area contributed by atoms with Gasteiger partial charge in [0.05, 0.1) is 0 Å². The summed E-state index contributed by atoms with van der Waals surface area (Å²) in [6.45, 7) is 1.33. The van der Waals surface area contributed by atoms with Crippen molar-refractivity contribution in [3.8, 4) is 5.75 Å². The largest absolute Gasteiger partial charge is 0.378 e. The minimum Gasteiger partial charge on any atom is -0.378 e. The molecule has 0 bridgehead atoms. The van der Waals surface area contributed by atoms with E-state index in [1.807, 2.05) is 0 Å². The number of hydrogen-bond acceptors (Lipinski definition) is 7. The fourth-order valence-electron chi connectivity index (χ4n) is 2.51. The Morgan fingerprint density at radius 3 is 2.23 bits per heavy atom. The maximum Gasteiger partial charge on any atom is 0.339 e. The molecule has 11 heteroatoms. The highest BCUT2D eigenvalue weighted by molar-refractivity contribution is 7.87. The monoisotopic (exact) mass is 445 g/mol. The van der Waals surface area contributed by atoms with Crippen molar-refractivity contribution in [2.45, 2.75) is 11.8 Å². The van der Waals surface area contributed by atoms with Gasteiger partial charge in [-0.05, 0) is 48.6 Å². The first-order valence-corrected chi connectivity index (χ1v) is 10.3. The van der Waals surface area contributed by atoms with Crippen LogP contribution in [0.2, 0.25) is 0 Å². The SMILES string of the molecule is CC(=O)Nc1ccc(S(=O)(=O)Oc2ccccc2C=C2C(=O)NC(=S)NC2=O)cc1. The van der Waals surface area contributed by atoms with E-state index in [1.165, 1.54) is 49.4 Å². The molecule has 1 heterocycles. The number of carbonyl (C=O) groups is 3. The van der Waals surface area contributed by atoms with E-state index in [4.69, 9.17) is 16.4 Å². The fraction of sp³-hybridized carbons (Fsp3) is 0.0526. The van der Waals surface area contributed by atoms with Crippen LogP contribution in [0.3, 0.4) is 0 Å². The summed E-state index contributed by atoms with van der Waals surface area (Å²) in [4.78, 5) is 35.0. The van der Waals surface area contributed by atoms with E-state index in [-0.39, 0.29) is 32.8 Å². The van der Waals surface area contributed by atoms with Crippen molar-refractivity contribution in [2.75, 3.05) is 5.32 Å². The van der Waals surface area contributed by atoms with E-state index >= 15 is 0 Å². The molecule has 154 valence electrons. The van der Waals surface area contributed by atoms with Crippen LogP contribution in [0.15, 0.2) is 59.0 Å². The minimum absolute atomic E-state index is 0.0790. The van der Waals surface area contributed by atoms with E-state index < -0.39 is 21.9 Å². The Balaban J connectivity index is 1.90. The van der Waals surface area contributed by atoms with Gasteiger partial charge in [0.25, 0.3) is 11.8 Å². The zero-order valence-electron chi connectivity index (χ0n) is 15.5. The topological polar surface area (TPSA) is 131 Å². The average Bonchev–Trinajstić information content (AvgIpc) is 2.65. The lowest BCUT2D eigenvalue weighted by Crippen LogP contribution is -2.51. The third-order valence-electron chi connectivity index (χ3n) is 3.83. The van der Waals surface area contributed by atoms with Crippen LogP contribution in [0.25, 0.3) is 6.08 Å². The maximum atomic E-state index is 12.6. The molecule has 2 aromatic carbocycles. The van der Waals surface area contributed by atoms with Crippen LogP contribution in [0.4, 0.5) is 5.69 Å². The van der Waals surface area contributed by atoms with E-state index in [1.54, 1.807) is 12.1 Å². The van der Waals surface area contributed by atoms with Gasteiger partial charge in [0.2, 0.25) is 5.91 Å². The Bertz CT molecular complexity index is 1170. The lowest BCUT2D eigenvalue weighted by Gasteiger charge is -2.17. The van der Waals surface area contributed by atoms with E-state index in [0.29, 0.717) is 5.69 Å². The summed E-state index contributed by atoms with van der Waals surface area (Å²) in [7, 11) is -4.22. The summed E-state index contributed by atoms with van der Waals surface area (Å²) in [5.74, 6) is -1.80. The molecule has 1 fully saturated rings. The van der Waals surface area contributed by atoms with Crippen LogP contribution < -0.4 is 20.1 Å². The highest BCUT2D eigenvalue weighted by atomic mass is 32.2. The number of benzene rings is 2. The second-order valence-electron chi connectivity index (χ2n) is 6.08. The Kier molecular flexibility index (Phi) is 5.94. The van der Waals surface area contributed by atoms with Gasteiger partial charge in [0, 0.05) is 18.2 Å². The first-order valence-electron chi connectivity index (χ1n) is 8.45. The van der Waals surface area contributed by atoms with Gasteiger partial charge in [0.15, 0.2) is 5.11 Å². The summed E-state index contributed by atoms with van der Waals surface area (Å²) in [5, 5.41) is 7.01. The van der Waals surface area contributed by atoms with Crippen LogP contribution in [0, 0.1) is 0 Å². The predicted octanol–water partition coefficient (Wildman–Crippen LogP) is 1.33. The van der Waals surface area contributed by atoms with Crippen LogP contribution >= 0.6 is 12.2 Å². The number of anilines is 1. The van der Waals surface area contributed by atoms with Gasteiger partial charge >= 0.3 is 10.1 Å². The normalized spacial score (nSPS) is 13.9. The molecule has 0 aliphatic carbocycles. The summed E-state index contributed by atoms with van der Waals surface area (Å²) in [6, 6.07) is 11.4. The first kappa shape index (κ1) is 21.1. The third kappa shape index (κ3) is 4.88. The molecule has 0 radical (unpaired) electrons. The Labute approximate surface area is 177 Å². The molecule has 9 nitrogen and oxygen atoms in total. The molecule has 0 atom stereocenters. The number of thiocarbonyl (C=S) groups is 1. The number of rotatable bonds is 5. The number of carbonyl (C=O) groups excluding carboxylic acids is 3. The second-order valence-corrected chi connectivity index (χ2v) is 8.03. The van der Waals surface area contributed by atoms with Gasteiger partial charge in [0.1, 0.15) is 16.2 Å². The maximum absolute atomic E-state index is 12.6. The lowest BCUT2D eigenvalue weighted by molar-refractivity contribution is -0.123. The molecule has 0 unspecified atom stereocenters. The molecule has 1 aliphatic heterocycles. The predicted molar refractivity (Wildman–Crippen MR) is 112 cm³/mol. The van der Waals surface area contributed by atoms with Gasteiger partial charge in [-0.25, -0.2) is 0 Å². The van der Waals surface area contributed by atoms with Gasteiger partial charge < -0.3 is 9.50 Å². The summed E-state index contributed by atoms with van der Waals surface area (Å²) in [6.07, 6.45) is 1.21. The summed E-state index contributed by atoms with van der Waals surface area (Å²) in [5.41, 5.74) is 0.375. The number of nitrogens with one attached hydrogen (secondary N) is 3. The third-order valence-corrected chi connectivity index (χ3v) is 5.28. The average molecular weight is 445 g/mol. The molecule has 30 heavy (non-hydrogen) atoms. The Morgan fingerprint density at radius 1 is 1.03 bits per heavy atom. The molecule has 0 spiro atoms. The standard InChI is InChI=1S/C19H15N3O6S2/c1-11(23)20-13-6-8-14(9-7-13)30(26,27)28-16-5-3-2-4-12(16)10-15-17(24)21-19(29)22-18(15)25/h2-10H,1H3,(H,20,23)(H2,21,22,24,25,29). The van der Waals surface area contributed by atoms with Crippen molar-refractivity contribution < 1.29 is 27.0 Å². The molecular formula is C19H15N3O6S2. The van der Waals surface area contributed by atoms with Gasteiger partial charge in [-0.3, -0.25) is 25.0 Å². The minimum atomic E-state index is -4.22. The zero-order chi connectivity index (χ0) is 21.9. The summed E-state index contributed by atoms with van der Waals surface area (Å²) < 4.78 is 30.5. The van der Waals surface area contributed by atoms with Crippen molar-refractivity contribution in [3.63, 3.8) is 0 Å². The number of para-hydroxylation sites is 1. The molecule has 3 N–H and O–H groups in total. The van der Waals surface area contributed by atoms with Crippen molar-refractivity contribution in [2.24, 2.45) is 0 Å². The van der Waals surface area contributed by atoms with E-state index in [9.17, 15) is 22.8 Å². The van der Waals surface area contributed by atoms with Gasteiger partial charge in [-0.1, -0.05) is 18.2 Å². The van der Waals surface area contributed by atoms with Crippen molar-refractivity contribution in [1.29, 1.82) is 0 Å². The van der Waals surface area contributed by atoms with Crippen LogP contribution in [-0.4, -0.2) is 31.3 Å². The number of hydrogen-bond donors (Lipinski definition) is 3. The molecule has 0 aromatic heterocycles. The van der Waals surface area contributed by atoms with Crippen LogP contribution in [-0.2, 0) is 24.5 Å². The van der Waals surface area contributed by atoms with E-state index in [2.05, 4.69) is 16.0 Å². The quantitative estimate of drug-likeness (QED) is 0.274. The molecule has 3 rings (SSSR count). The Hall–Kier alpha value is -3.57. The highest BCUT2D eigenvalue weighted by Gasteiger charge is 2.26. The molecule has 1 saturated heterocycles. The highest BCUT2D eigenvalue weighted by Crippen LogP contribution is 2.26. The van der Waals surface area contributed by atoms with Gasteiger partial charge in [-0.2, -0.15) is 8.42 Å². The van der Waals surface area contributed by atoms with Crippen LogP contribution in [0.1, 0.15) is 12.5 Å². The molecule has 3 amide bonds. The number of amides is 3. The molecule has 0 saturated carbocycles. The molecule has 1 aliphatic rings. The Morgan fingerprint density at radius 2 is 1.63 bits per heavy atom. The summed E-state index contributed by atoms with van der Waals surface area (Å²) >= 11 is 4.74. The smallest absolute Gasteiger partial charge is 0.339 e. The molecular weight excluding hydrogens is 430 g/mol. The van der Waals surface area contributed by atoms with Crippen molar-refractivity contribution >= 4 is 56.9 Å². The zero-order valence-corrected chi connectivity index (χ0v) is 17.1. The second kappa shape index (κ2) is 8.43. The lowest BCUT2D eigenvalue weighted by atomic mass is 10.1. The van der Waals surface area contributed by atoms with Crippen molar-refractivity contribution in [1.82, 2.24) is 10.6 Å². The fourth-order valence-corrected chi connectivity index (χ4v) is 3.65. The van der Waals surface area contributed by atoms with Crippen molar-refractivity contribution in [3.05, 3.63) is 59.7 Å². The molecule has 2 aromatic rings. The van der Waals surface area contributed by atoms with E-state index in [0.717, 1.165) is 0 Å². The first-order chi connectivity index (χ1) is 14.2. The van der Waals surface area contributed by atoms with Gasteiger partial charge in [-0.15, -0.1) is 0 Å². The van der Waals surface area contributed by atoms with Crippen LogP contribution in [0.5, 0.6) is 5.75 Å².